The van der Waals surface area contributed by atoms with Crippen molar-refractivity contribution in [3.05, 3.63) is 57.5 Å². The van der Waals surface area contributed by atoms with Crippen molar-refractivity contribution < 1.29 is 18.3 Å². The standard InChI is InChI=1S/C16H10BrClF3NO/c17-9-3-6-11-12(7-9)22-14(8-1-4-10(18)5-2-8)13(11)15(23)16(19,20)21/h1-7,15,22-23H. The number of hydrogen-bond donors (Lipinski definition) is 2. The van der Waals surface area contributed by atoms with E-state index in [4.69, 9.17) is 11.6 Å². The predicted octanol–water partition coefficient (Wildman–Crippen LogP) is 5.85. The maximum absolute atomic E-state index is 13.1. The van der Waals surface area contributed by atoms with E-state index in [1.54, 1.807) is 42.5 Å². The van der Waals surface area contributed by atoms with Gasteiger partial charge < -0.3 is 10.1 Å². The first-order valence-electron chi connectivity index (χ1n) is 6.59. The normalized spacial score (nSPS) is 13.5. The molecule has 0 bridgehead atoms. The van der Waals surface area contributed by atoms with E-state index in [2.05, 4.69) is 20.9 Å². The summed E-state index contributed by atoms with van der Waals surface area (Å²) < 4.78 is 40.0. The first-order valence-corrected chi connectivity index (χ1v) is 7.76. The third-order valence-corrected chi connectivity index (χ3v) is 4.26. The Kier molecular flexibility index (Phi) is 4.16. The molecule has 3 aromatic rings. The maximum atomic E-state index is 13.1. The van der Waals surface area contributed by atoms with Gasteiger partial charge in [-0.25, -0.2) is 0 Å². The largest absolute Gasteiger partial charge is 0.418 e. The second-order valence-electron chi connectivity index (χ2n) is 5.05. The van der Waals surface area contributed by atoms with E-state index in [1.165, 1.54) is 0 Å². The number of nitrogens with one attached hydrogen (secondary N) is 1. The smallest absolute Gasteiger partial charge is 0.379 e. The molecular formula is C16H10BrClF3NO. The van der Waals surface area contributed by atoms with E-state index < -0.39 is 12.3 Å². The first kappa shape index (κ1) is 16.4. The Morgan fingerprint density at radius 3 is 2.35 bits per heavy atom. The van der Waals surface area contributed by atoms with Crippen molar-refractivity contribution in [2.75, 3.05) is 0 Å². The highest BCUT2D eigenvalue weighted by Gasteiger charge is 2.42. The van der Waals surface area contributed by atoms with E-state index in [1.807, 2.05) is 0 Å². The molecule has 23 heavy (non-hydrogen) atoms. The third-order valence-electron chi connectivity index (χ3n) is 3.52. The molecule has 2 aromatic carbocycles. The Morgan fingerprint density at radius 2 is 1.74 bits per heavy atom. The fourth-order valence-electron chi connectivity index (χ4n) is 2.48. The van der Waals surface area contributed by atoms with Crippen LogP contribution in [0.1, 0.15) is 11.7 Å². The fourth-order valence-corrected chi connectivity index (χ4v) is 2.97. The molecule has 0 spiro atoms. The van der Waals surface area contributed by atoms with Crippen molar-refractivity contribution in [3.63, 3.8) is 0 Å². The van der Waals surface area contributed by atoms with Crippen LogP contribution in [0.2, 0.25) is 5.02 Å². The number of benzene rings is 2. The summed E-state index contributed by atoms with van der Waals surface area (Å²) in [5, 5.41) is 10.6. The minimum absolute atomic E-state index is 0.192. The Labute approximate surface area is 143 Å². The van der Waals surface area contributed by atoms with Crippen LogP contribution in [0.4, 0.5) is 13.2 Å². The lowest BCUT2D eigenvalue weighted by Gasteiger charge is -2.16. The van der Waals surface area contributed by atoms with Crippen LogP contribution in [0.25, 0.3) is 22.2 Å². The van der Waals surface area contributed by atoms with Crippen LogP contribution in [-0.2, 0) is 0 Å². The molecule has 3 rings (SSSR count). The van der Waals surface area contributed by atoms with Crippen molar-refractivity contribution in [2.24, 2.45) is 0 Å². The number of H-pyrrole nitrogens is 1. The SMILES string of the molecule is OC(c1c(-c2ccc(Cl)cc2)[nH]c2cc(Br)ccc12)C(F)(F)F. The van der Waals surface area contributed by atoms with Crippen molar-refractivity contribution >= 4 is 38.4 Å². The van der Waals surface area contributed by atoms with Crippen LogP contribution in [0.5, 0.6) is 0 Å². The average molecular weight is 405 g/mol. The van der Waals surface area contributed by atoms with Gasteiger partial charge in [-0.2, -0.15) is 13.2 Å². The number of fused-ring (bicyclic) bond motifs is 1. The van der Waals surface area contributed by atoms with E-state index in [-0.39, 0.29) is 11.3 Å². The van der Waals surface area contributed by atoms with Crippen LogP contribution >= 0.6 is 27.5 Å². The summed E-state index contributed by atoms with van der Waals surface area (Å²) in [5.41, 5.74) is 1.05. The highest BCUT2D eigenvalue weighted by molar-refractivity contribution is 9.10. The molecule has 7 heteroatoms. The number of aliphatic hydroxyl groups is 1. The number of rotatable bonds is 2. The molecule has 0 saturated carbocycles. The molecule has 0 radical (unpaired) electrons. The van der Waals surface area contributed by atoms with E-state index in [9.17, 15) is 18.3 Å². The number of aliphatic hydroxyl groups excluding tert-OH is 1. The van der Waals surface area contributed by atoms with Crippen molar-refractivity contribution in [1.82, 2.24) is 4.98 Å². The molecule has 2 N–H and O–H groups in total. The lowest BCUT2D eigenvalue weighted by molar-refractivity contribution is -0.206. The molecule has 1 heterocycles. The molecule has 0 aliphatic carbocycles. The quantitative estimate of drug-likeness (QED) is 0.552. The third kappa shape index (κ3) is 3.11. The van der Waals surface area contributed by atoms with Gasteiger partial charge in [0.2, 0.25) is 0 Å². The van der Waals surface area contributed by atoms with E-state index >= 15 is 0 Å². The van der Waals surface area contributed by atoms with Gasteiger partial charge in [0.15, 0.2) is 6.10 Å². The lowest BCUT2D eigenvalue weighted by Crippen LogP contribution is -2.20. The van der Waals surface area contributed by atoms with Gasteiger partial charge in [-0.15, -0.1) is 0 Å². The number of alkyl halides is 3. The molecule has 0 aliphatic heterocycles. The summed E-state index contributed by atoms with van der Waals surface area (Å²) in [6.07, 6.45) is -7.34. The Balaban J connectivity index is 2.29. The minimum atomic E-state index is -4.76. The Morgan fingerprint density at radius 1 is 1.09 bits per heavy atom. The van der Waals surface area contributed by atoms with E-state index in [0.29, 0.717) is 21.5 Å². The number of hydrogen-bond acceptors (Lipinski definition) is 1. The zero-order chi connectivity index (χ0) is 16.8. The molecule has 0 aliphatic rings. The molecule has 1 aromatic heterocycles. The second kappa shape index (κ2) is 5.85. The van der Waals surface area contributed by atoms with Gasteiger partial charge in [0.25, 0.3) is 0 Å². The first-order chi connectivity index (χ1) is 10.8. The Hall–Kier alpha value is -1.50. The monoisotopic (exact) mass is 403 g/mol. The summed E-state index contributed by atoms with van der Waals surface area (Å²) in [5.74, 6) is 0. The van der Waals surface area contributed by atoms with Crippen LogP contribution in [0, 0.1) is 0 Å². The zero-order valence-corrected chi connectivity index (χ0v) is 13.8. The molecule has 2 nitrogen and oxygen atoms in total. The van der Waals surface area contributed by atoms with Crippen LogP contribution in [0.15, 0.2) is 46.9 Å². The number of aromatic amines is 1. The van der Waals surface area contributed by atoms with Crippen LogP contribution < -0.4 is 0 Å². The highest BCUT2D eigenvalue weighted by atomic mass is 79.9. The zero-order valence-electron chi connectivity index (χ0n) is 11.5. The molecule has 0 fully saturated rings. The molecule has 0 saturated heterocycles. The summed E-state index contributed by atoms with van der Waals surface area (Å²) in [6.45, 7) is 0. The molecular weight excluding hydrogens is 395 g/mol. The molecule has 120 valence electrons. The molecule has 0 amide bonds. The Bertz CT molecular complexity index is 858. The lowest BCUT2D eigenvalue weighted by atomic mass is 10.0. The van der Waals surface area contributed by atoms with Gasteiger partial charge in [0.05, 0.1) is 5.69 Å². The molecule has 1 unspecified atom stereocenters. The van der Waals surface area contributed by atoms with Crippen LogP contribution in [-0.4, -0.2) is 16.3 Å². The van der Waals surface area contributed by atoms with Gasteiger partial charge in [0, 0.05) is 26.0 Å². The van der Waals surface area contributed by atoms with Crippen molar-refractivity contribution in [2.45, 2.75) is 12.3 Å². The topological polar surface area (TPSA) is 36.0 Å². The van der Waals surface area contributed by atoms with Gasteiger partial charge in [-0.3, -0.25) is 0 Å². The maximum Gasteiger partial charge on any atom is 0.418 e. The van der Waals surface area contributed by atoms with Gasteiger partial charge in [-0.1, -0.05) is 45.7 Å². The fraction of sp³-hybridized carbons (Fsp3) is 0.125. The van der Waals surface area contributed by atoms with Crippen molar-refractivity contribution in [1.29, 1.82) is 0 Å². The van der Waals surface area contributed by atoms with Crippen molar-refractivity contribution in [3.8, 4) is 11.3 Å². The summed E-state index contributed by atoms with van der Waals surface area (Å²) in [6, 6.07) is 11.2. The average Bonchev–Trinajstić information content (AvgIpc) is 2.84. The minimum Gasteiger partial charge on any atom is -0.379 e. The number of aromatic nitrogens is 1. The molecule has 1 atom stereocenters. The summed E-state index contributed by atoms with van der Waals surface area (Å²) >= 11 is 9.11. The second-order valence-corrected chi connectivity index (χ2v) is 6.41. The van der Waals surface area contributed by atoms with E-state index in [0.717, 1.165) is 4.47 Å². The highest BCUT2D eigenvalue weighted by Crippen LogP contribution is 2.42. The van der Waals surface area contributed by atoms with Crippen LogP contribution in [0.3, 0.4) is 0 Å². The summed E-state index contributed by atoms with van der Waals surface area (Å²) in [7, 11) is 0. The van der Waals surface area contributed by atoms with Gasteiger partial charge in [0.1, 0.15) is 0 Å². The summed E-state index contributed by atoms with van der Waals surface area (Å²) in [4.78, 5) is 2.96. The van der Waals surface area contributed by atoms with Gasteiger partial charge >= 0.3 is 6.18 Å². The van der Waals surface area contributed by atoms with Gasteiger partial charge in [-0.05, 0) is 29.8 Å². The number of halogens is 5. The predicted molar refractivity (Wildman–Crippen MR) is 87.5 cm³/mol.